The minimum Gasteiger partial charge on any atom is -0.481 e. The first-order valence-corrected chi connectivity index (χ1v) is 14.2. The van der Waals surface area contributed by atoms with E-state index in [0.717, 1.165) is 49.4 Å². The molecule has 9 heteroatoms. The van der Waals surface area contributed by atoms with Gasteiger partial charge in [-0.1, -0.05) is 20.8 Å². The summed E-state index contributed by atoms with van der Waals surface area (Å²) in [5.41, 5.74) is 1.91. The van der Waals surface area contributed by atoms with Crippen molar-refractivity contribution in [2.75, 3.05) is 6.54 Å². The minimum atomic E-state index is -1.01. The van der Waals surface area contributed by atoms with Crippen molar-refractivity contribution < 1.29 is 28.2 Å². The molecule has 1 aliphatic carbocycles. The zero-order valence-corrected chi connectivity index (χ0v) is 24.4. The van der Waals surface area contributed by atoms with E-state index in [-0.39, 0.29) is 42.0 Å². The Morgan fingerprint density at radius 2 is 1.88 bits per heavy atom. The first kappa shape index (κ1) is 30.2. The molecule has 2 aliphatic rings. The van der Waals surface area contributed by atoms with Crippen LogP contribution in [0.5, 0.6) is 11.6 Å². The maximum absolute atomic E-state index is 13.8. The van der Waals surface area contributed by atoms with Crippen LogP contribution in [-0.2, 0) is 17.6 Å². The van der Waals surface area contributed by atoms with Gasteiger partial charge in [0.25, 0.3) is 5.88 Å². The third kappa shape index (κ3) is 7.69. The number of rotatable bonds is 10. The Morgan fingerprint density at radius 1 is 1.20 bits per heavy atom. The standard InChI is InChI=1S/C31H43F2N3O4/c1-18(2)39-29-28-24(14-23(36-29)15-30(4,5)6)26(16-31(40-28)8-7-9-31)34-17-27(38)25(35-19(3)37)12-20-10-21(32)13-22(33)11-20/h10-11,13-14,18,25-27,34,38H,7-9,12,15-17H2,1-6H3,(H,35,37)/t25-,26-,27+/m0/s1. The number of ether oxygens (including phenoxy) is 2. The molecule has 0 bridgehead atoms. The molecule has 1 saturated carbocycles. The SMILES string of the molecule is CC(=O)N[C@@H](Cc1cc(F)cc(F)c1)[C@H](O)CN[C@H]1CC2(CCC2)Oc2c1cc(CC(C)(C)C)nc2OC(C)C. The van der Waals surface area contributed by atoms with Crippen molar-refractivity contribution in [3.8, 4) is 11.6 Å². The predicted molar refractivity (Wildman–Crippen MR) is 149 cm³/mol. The summed E-state index contributed by atoms with van der Waals surface area (Å²) in [6.45, 7) is 11.9. The molecule has 7 nitrogen and oxygen atoms in total. The third-order valence-electron chi connectivity index (χ3n) is 7.42. The second-order valence-electron chi connectivity index (χ2n) is 12.9. The van der Waals surface area contributed by atoms with Crippen molar-refractivity contribution in [3.05, 3.63) is 52.7 Å². The van der Waals surface area contributed by atoms with Gasteiger partial charge in [-0.25, -0.2) is 13.8 Å². The summed E-state index contributed by atoms with van der Waals surface area (Å²) in [6.07, 6.45) is 3.41. The summed E-state index contributed by atoms with van der Waals surface area (Å²) in [5.74, 6) is -0.591. The molecular formula is C31H43F2N3O4. The van der Waals surface area contributed by atoms with Crippen molar-refractivity contribution in [3.63, 3.8) is 0 Å². The van der Waals surface area contributed by atoms with Crippen LogP contribution >= 0.6 is 0 Å². The number of amides is 1. The average Bonchev–Trinajstić information content (AvgIpc) is 2.78. The van der Waals surface area contributed by atoms with Crippen molar-refractivity contribution in [1.29, 1.82) is 0 Å². The van der Waals surface area contributed by atoms with E-state index in [9.17, 15) is 18.7 Å². The Morgan fingerprint density at radius 3 is 2.42 bits per heavy atom. The van der Waals surface area contributed by atoms with E-state index in [1.807, 2.05) is 13.8 Å². The van der Waals surface area contributed by atoms with Crippen LogP contribution in [0.4, 0.5) is 8.78 Å². The first-order valence-electron chi connectivity index (χ1n) is 14.2. The lowest BCUT2D eigenvalue weighted by molar-refractivity contribution is -0.120. The molecule has 2 heterocycles. The number of hydrogen-bond acceptors (Lipinski definition) is 6. The molecule has 2 aromatic rings. The van der Waals surface area contributed by atoms with Gasteiger partial charge in [0.2, 0.25) is 5.91 Å². The predicted octanol–water partition coefficient (Wildman–Crippen LogP) is 5.18. The van der Waals surface area contributed by atoms with Crippen LogP contribution in [0.15, 0.2) is 24.3 Å². The summed E-state index contributed by atoms with van der Waals surface area (Å²) < 4.78 is 40.3. The molecule has 220 valence electrons. The zero-order valence-electron chi connectivity index (χ0n) is 24.4. The molecule has 40 heavy (non-hydrogen) atoms. The Kier molecular flexibility index (Phi) is 9.05. The smallest absolute Gasteiger partial charge is 0.257 e. The van der Waals surface area contributed by atoms with Gasteiger partial charge < -0.3 is 25.2 Å². The Hall–Kier alpha value is -2.78. The zero-order chi connectivity index (χ0) is 29.2. The van der Waals surface area contributed by atoms with Gasteiger partial charge >= 0.3 is 0 Å². The number of carbonyl (C=O) groups is 1. The molecule has 3 atom stereocenters. The maximum Gasteiger partial charge on any atom is 0.257 e. The van der Waals surface area contributed by atoms with E-state index in [2.05, 4.69) is 37.5 Å². The summed E-state index contributed by atoms with van der Waals surface area (Å²) >= 11 is 0. The van der Waals surface area contributed by atoms with Crippen LogP contribution in [0, 0.1) is 17.0 Å². The number of aliphatic hydroxyl groups excluding tert-OH is 1. The van der Waals surface area contributed by atoms with Crippen LogP contribution in [-0.4, -0.2) is 46.4 Å². The molecule has 0 unspecified atom stereocenters. The van der Waals surface area contributed by atoms with E-state index < -0.39 is 23.8 Å². The average molecular weight is 560 g/mol. The Balaban J connectivity index is 1.60. The van der Waals surface area contributed by atoms with Gasteiger partial charge in [-0.05, 0) is 75.1 Å². The van der Waals surface area contributed by atoms with Crippen molar-refractivity contribution in [2.45, 2.75) is 110 Å². The number of benzene rings is 1. The molecule has 3 N–H and O–H groups in total. The normalized spacial score (nSPS) is 19.4. The number of nitrogens with zero attached hydrogens (tertiary/aromatic N) is 1. The number of pyridine rings is 1. The van der Waals surface area contributed by atoms with Crippen LogP contribution in [0.1, 0.15) is 90.1 Å². The molecule has 1 aliphatic heterocycles. The van der Waals surface area contributed by atoms with E-state index in [4.69, 9.17) is 14.5 Å². The first-order chi connectivity index (χ1) is 18.7. The van der Waals surface area contributed by atoms with E-state index in [1.165, 1.54) is 19.1 Å². The molecule has 1 aromatic heterocycles. The van der Waals surface area contributed by atoms with E-state index >= 15 is 0 Å². The minimum absolute atomic E-state index is 0.0160. The lowest BCUT2D eigenvalue weighted by Gasteiger charge is -2.48. The number of aromatic nitrogens is 1. The van der Waals surface area contributed by atoms with Crippen LogP contribution < -0.4 is 20.1 Å². The van der Waals surface area contributed by atoms with E-state index in [0.29, 0.717) is 17.2 Å². The van der Waals surface area contributed by atoms with Gasteiger partial charge in [-0.3, -0.25) is 4.79 Å². The van der Waals surface area contributed by atoms with Gasteiger partial charge in [0.05, 0.1) is 18.2 Å². The monoisotopic (exact) mass is 559 g/mol. The molecule has 4 rings (SSSR count). The molecular weight excluding hydrogens is 516 g/mol. The van der Waals surface area contributed by atoms with Gasteiger partial charge in [-0.2, -0.15) is 0 Å². The molecule has 1 amide bonds. The number of carbonyl (C=O) groups excluding carboxylic acids is 1. The molecule has 0 saturated heterocycles. The summed E-state index contributed by atoms with van der Waals surface area (Å²) in [5, 5.41) is 17.5. The molecule has 1 fully saturated rings. The molecule has 0 radical (unpaired) electrons. The fourth-order valence-electron chi connectivity index (χ4n) is 5.61. The second kappa shape index (κ2) is 12.0. The second-order valence-corrected chi connectivity index (χ2v) is 12.9. The largest absolute Gasteiger partial charge is 0.481 e. The Bertz CT molecular complexity index is 1190. The molecule has 1 aromatic carbocycles. The number of nitrogens with one attached hydrogen (secondary N) is 2. The van der Waals surface area contributed by atoms with Crippen molar-refractivity contribution in [2.24, 2.45) is 5.41 Å². The highest BCUT2D eigenvalue weighted by atomic mass is 19.1. The van der Waals surface area contributed by atoms with Crippen LogP contribution in [0.2, 0.25) is 0 Å². The summed E-state index contributed by atoms with van der Waals surface area (Å²) in [6, 6.07) is 4.43. The quantitative estimate of drug-likeness (QED) is 0.372. The maximum atomic E-state index is 13.8. The van der Waals surface area contributed by atoms with Gasteiger partial charge in [0.1, 0.15) is 17.2 Å². The van der Waals surface area contributed by atoms with Gasteiger partial charge in [0.15, 0.2) is 5.75 Å². The van der Waals surface area contributed by atoms with Gasteiger partial charge in [0, 0.05) is 43.3 Å². The van der Waals surface area contributed by atoms with E-state index in [1.54, 1.807) is 0 Å². The number of fused-ring (bicyclic) bond motifs is 1. The van der Waals surface area contributed by atoms with Crippen LogP contribution in [0.3, 0.4) is 0 Å². The summed E-state index contributed by atoms with van der Waals surface area (Å²) in [7, 11) is 0. The van der Waals surface area contributed by atoms with Crippen LogP contribution in [0.25, 0.3) is 0 Å². The summed E-state index contributed by atoms with van der Waals surface area (Å²) in [4.78, 5) is 16.8. The lowest BCUT2D eigenvalue weighted by Crippen LogP contribution is -2.52. The highest BCUT2D eigenvalue weighted by Gasteiger charge is 2.47. The Labute approximate surface area is 236 Å². The number of hydrogen-bond donors (Lipinski definition) is 3. The fourth-order valence-corrected chi connectivity index (χ4v) is 5.61. The number of halogens is 2. The topological polar surface area (TPSA) is 92.7 Å². The lowest BCUT2D eigenvalue weighted by atomic mass is 9.73. The fraction of sp³-hybridized carbons (Fsp3) is 0.613. The van der Waals surface area contributed by atoms with Crippen molar-refractivity contribution in [1.82, 2.24) is 15.6 Å². The van der Waals surface area contributed by atoms with Crippen molar-refractivity contribution >= 4 is 5.91 Å². The van der Waals surface area contributed by atoms with Gasteiger partial charge in [-0.15, -0.1) is 0 Å². The number of aliphatic hydroxyl groups is 1. The third-order valence-corrected chi connectivity index (χ3v) is 7.42. The highest BCUT2D eigenvalue weighted by Crippen LogP contribution is 2.52. The highest BCUT2D eigenvalue weighted by molar-refractivity contribution is 5.73. The molecule has 1 spiro atoms.